The summed E-state index contributed by atoms with van der Waals surface area (Å²) in [7, 11) is 0. The Morgan fingerprint density at radius 1 is 1.25 bits per heavy atom. The zero-order valence-electron chi connectivity index (χ0n) is 10.9. The number of ether oxygens (including phenoxy) is 1. The van der Waals surface area contributed by atoms with Crippen molar-refractivity contribution in [3.05, 3.63) is 0 Å². The highest BCUT2D eigenvalue weighted by molar-refractivity contribution is 5.03. The molecule has 0 saturated heterocycles. The zero-order chi connectivity index (χ0) is 11.4. The summed E-state index contributed by atoms with van der Waals surface area (Å²) in [5.74, 6) is 2.18. The van der Waals surface area contributed by atoms with Crippen molar-refractivity contribution < 1.29 is 4.74 Å². The van der Waals surface area contributed by atoms with Gasteiger partial charge in [0.2, 0.25) is 0 Å². The SMILES string of the molecule is CCNCC1(CCCOCC)CC2CC2C1. The Labute approximate surface area is 100 Å². The number of fused-ring (bicyclic) bond motifs is 1. The first kappa shape index (κ1) is 12.4. The molecule has 0 aromatic carbocycles. The summed E-state index contributed by atoms with van der Waals surface area (Å²) in [5.41, 5.74) is 0.626. The molecule has 2 nitrogen and oxygen atoms in total. The van der Waals surface area contributed by atoms with Crippen LogP contribution >= 0.6 is 0 Å². The molecule has 2 unspecified atom stereocenters. The molecule has 0 radical (unpaired) electrons. The average Bonchev–Trinajstić information content (AvgIpc) is 2.91. The van der Waals surface area contributed by atoms with Gasteiger partial charge in [-0.3, -0.25) is 0 Å². The monoisotopic (exact) mass is 225 g/mol. The fourth-order valence-corrected chi connectivity index (χ4v) is 3.53. The minimum absolute atomic E-state index is 0.626. The molecule has 2 fully saturated rings. The summed E-state index contributed by atoms with van der Waals surface area (Å²) in [6.45, 7) is 8.47. The van der Waals surface area contributed by atoms with Crippen molar-refractivity contribution in [3.63, 3.8) is 0 Å². The Morgan fingerprint density at radius 3 is 2.62 bits per heavy atom. The molecular weight excluding hydrogens is 198 g/mol. The second-order valence-electron chi connectivity index (χ2n) is 5.74. The molecule has 2 saturated carbocycles. The molecule has 0 aliphatic heterocycles. The summed E-state index contributed by atoms with van der Waals surface area (Å²) in [5, 5.41) is 3.57. The molecule has 0 bridgehead atoms. The van der Waals surface area contributed by atoms with E-state index >= 15 is 0 Å². The molecule has 1 N–H and O–H groups in total. The van der Waals surface area contributed by atoms with Crippen LogP contribution in [0.3, 0.4) is 0 Å². The Bertz CT molecular complexity index is 207. The zero-order valence-corrected chi connectivity index (χ0v) is 10.9. The quantitative estimate of drug-likeness (QED) is 0.641. The number of hydrogen-bond donors (Lipinski definition) is 1. The van der Waals surface area contributed by atoms with Gasteiger partial charge in [0.25, 0.3) is 0 Å². The minimum Gasteiger partial charge on any atom is -0.382 e. The van der Waals surface area contributed by atoms with Gasteiger partial charge in [0.05, 0.1) is 0 Å². The first-order valence-electron chi connectivity index (χ1n) is 7.08. The Kier molecular flexibility index (Phi) is 4.26. The fourth-order valence-electron chi connectivity index (χ4n) is 3.53. The highest BCUT2D eigenvalue weighted by atomic mass is 16.5. The standard InChI is InChI=1S/C14H27NO/c1-3-15-11-14(6-5-7-16-4-2)9-12-8-13(12)10-14/h12-13,15H,3-11H2,1-2H3. The van der Waals surface area contributed by atoms with Crippen molar-refractivity contribution in [2.24, 2.45) is 17.3 Å². The molecule has 0 heterocycles. The molecule has 0 spiro atoms. The van der Waals surface area contributed by atoms with E-state index in [4.69, 9.17) is 4.74 Å². The Hall–Kier alpha value is -0.0800. The molecule has 2 aliphatic rings. The van der Waals surface area contributed by atoms with E-state index in [0.717, 1.165) is 31.6 Å². The molecule has 2 aliphatic carbocycles. The van der Waals surface area contributed by atoms with Crippen LogP contribution in [0.1, 0.15) is 46.0 Å². The lowest BCUT2D eigenvalue weighted by atomic mass is 9.78. The van der Waals surface area contributed by atoms with Gasteiger partial charge in [0.1, 0.15) is 0 Å². The van der Waals surface area contributed by atoms with Gasteiger partial charge < -0.3 is 10.1 Å². The molecular formula is C14H27NO. The maximum Gasteiger partial charge on any atom is 0.0466 e. The molecule has 0 aromatic rings. The minimum atomic E-state index is 0.626. The molecule has 2 heteroatoms. The van der Waals surface area contributed by atoms with Gasteiger partial charge in [-0.15, -0.1) is 0 Å². The highest BCUT2D eigenvalue weighted by Crippen LogP contribution is 2.61. The van der Waals surface area contributed by atoms with Crippen LogP contribution < -0.4 is 5.32 Å². The Balaban J connectivity index is 1.74. The van der Waals surface area contributed by atoms with Crippen LogP contribution in [0, 0.1) is 17.3 Å². The highest BCUT2D eigenvalue weighted by Gasteiger charge is 2.52. The maximum atomic E-state index is 5.46. The maximum absolute atomic E-state index is 5.46. The molecule has 2 rings (SSSR count). The summed E-state index contributed by atoms with van der Waals surface area (Å²) in [6.07, 6.45) is 7.11. The van der Waals surface area contributed by atoms with Crippen LogP contribution in [0.4, 0.5) is 0 Å². The number of nitrogens with one attached hydrogen (secondary N) is 1. The van der Waals surface area contributed by atoms with Gasteiger partial charge in [-0.1, -0.05) is 6.92 Å². The van der Waals surface area contributed by atoms with Gasteiger partial charge in [-0.25, -0.2) is 0 Å². The molecule has 2 atom stereocenters. The van der Waals surface area contributed by atoms with Gasteiger partial charge in [0.15, 0.2) is 0 Å². The van der Waals surface area contributed by atoms with Crippen molar-refractivity contribution in [3.8, 4) is 0 Å². The van der Waals surface area contributed by atoms with E-state index in [1.807, 2.05) is 0 Å². The smallest absolute Gasteiger partial charge is 0.0466 e. The second kappa shape index (κ2) is 5.50. The molecule has 0 aromatic heterocycles. The van der Waals surface area contributed by atoms with E-state index in [2.05, 4.69) is 19.2 Å². The van der Waals surface area contributed by atoms with Crippen LogP contribution in [0.15, 0.2) is 0 Å². The second-order valence-corrected chi connectivity index (χ2v) is 5.74. The van der Waals surface area contributed by atoms with Gasteiger partial charge in [0, 0.05) is 19.8 Å². The first-order valence-corrected chi connectivity index (χ1v) is 7.08. The van der Waals surface area contributed by atoms with Crippen molar-refractivity contribution >= 4 is 0 Å². The average molecular weight is 225 g/mol. The van der Waals surface area contributed by atoms with Crippen molar-refractivity contribution in [1.82, 2.24) is 5.32 Å². The first-order chi connectivity index (χ1) is 7.79. The van der Waals surface area contributed by atoms with Crippen LogP contribution in [0.5, 0.6) is 0 Å². The fraction of sp³-hybridized carbons (Fsp3) is 1.00. The lowest BCUT2D eigenvalue weighted by molar-refractivity contribution is 0.123. The predicted octanol–water partition coefficient (Wildman–Crippen LogP) is 2.83. The van der Waals surface area contributed by atoms with E-state index in [0.29, 0.717) is 5.41 Å². The summed E-state index contributed by atoms with van der Waals surface area (Å²) >= 11 is 0. The van der Waals surface area contributed by atoms with Crippen molar-refractivity contribution in [1.29, 1.82) is 0 Å². The Morgan fingerprint density at radius 2 is 2.00 bits per heavy atom. The van der Waals surface area contributed by atoms with E-state index < -0.39 is 0 Å². The van der Waals surface area contributed by atoms with Gasteiger partial charge >= 0.3 is 0 Å². The van der Waals surface area contributed by atoms with Crippen molar-refractivity contribution in [2.45, 2.75) is 46.0 Å². The van der Waals surface area contributed by atoms with Crippen LogP contribution in [0.25, 0.3) is 0 Å². The van der Waals surface area contributed by atoms with E-state index in [-0.39, 0.29) is 0 Å². The summed E-state index contributed by atoms with van der Waals surface area (Å²) in [6, 6.07) is 0. The van der Waals surface area contributed by atoms with E-state index in [1.165, 1.54) is 38.6 Å². The van der Waals surface area contributed by atoms with Crippen molar-refractivity contribution in [2.75, 3.05) is 26.3 Å². The van der Waals surface area contributed by atoms with Gasteiger partial charge in [-0.2, -0.15) is 0 Å². The largest absolute Gasteiger partial charge is 0.382 e. The third kappa shape index (κ3) is 2.98. The topological polar surface area (TPSA) is 21.3 Å². The summed E-state index contributed by atoms with van der Waals surface area (Å²) in [4.78, 5) is 0. The third-order valence-electron chi connectivity index (χ3n) is 4.41. The van der Waals surface area contributed by atoms with Crippen LogP contribution in [-0.4, -0.2) is 26.3 Å². The molecule has 94 valence electrons. The lowest BCUT2D eigenvalue weighted by Gasteiger charge is -2.31. The lowest BCUT2D eigenvalue weighted by Crippen LogP contribution is -2.33. The third-order valence-corrected chi connectivity index (χ3v) is 4.41. The van der Waals surface area contributed by atoms with E-state index in [9.17, 15) is 0 Å². The predicted molar refractivity (Wildman–Crippen MR) is 67.5 cm³/mol. The normalized spacial score (nSPS) is 36.4. The number of rotatable bonds is 8. The van der Waals surface area contributed by atoms with Gasteiger partial charge in [-0.05, 0) is 62.8 Å². The van der Waals surface area contributed by atoms with Crippen LogP contribution in [0.2, 0.25) is 0 Å². The number of hydrogen-bond acceptors (Lipinski definition) is 2. The molecule has 16 heavy (non-hydrogen) atoms. The summed E-state index contributed by atoms with van der Waals surface area (Å²) < 4.78 is 5.46. The molecule has 0 amide bonds. The van der Waals surface area contributed by atoms with Crippen LogP contribution in [-0.2, 0) is 4.74 Å². The van der Waals surface area contributed by atoms with E-state index in [1.54, 1.807) is 0 Å².